The smallest absolute Gasteiger partial charge is 0.0814 e. The Kier molecular flexibility index (Phi) is 1.37. The molecule has 2 saturated carbocycles. The van der Waals surface area contributed by atoms with Gasteiger partial charge in [0, 0.05) is 13.1 Å². The quantitative estimate of drug-likeness (QED) is 0.589. The fourth-order valence-electron chi connectivity index (χ4n) is 2.75. The first kappa shape index (κ1) is 7.34. The number of morpholine rings is 1. The van der Waals surface area contributed by atoms with E-state index in [1.165, 1.54) is 38.5 Å². The summed E-state index contributed by atoms with van der Waals surface area (Å²) in [5.74, 6) is 0. The second-order valence-corrected chi connectivity index (χ2v) is 4.78. The van der Waals surface area contributed by atoms with Crippen LogP contribution in [0.1, 0.15) is 38.5 Å². The van der Waals surface area contributed by atoms with E-state index >= 15 is 0 Å². The van der Waals surface area contributed by atoms with Gasteiger partial charge in [-0.2, -0.15) is 0 Å². The van der Waals surface area contributed by atoms with Crippen LogP contribution < -0.4 is 5.32 Å². The van der Waals surface area contributed by atoms with Gasteiger partial charge in [0.2, 0.25) is 0 Å². The Hall–Kier alpha value is -0.0800. The van der Waals surface area contributed by atoms with Crippen molar-refractivity contribution in [1.82, 2.24) is 5.32 Å². The molecule has 0 aromatic carbocycles. The Labute approximate surface area is 73.7 Å². The van der Waals surface area contributed by atoms with Gasteiger partial charge in [-0.05, 0) is 38.5 Å². The van der Waals surface area contributed by atoms with Gasteiger partial charge in [0.25, 0.3) is 0 Å². The van der Waals surface area contributed by atoms with Crippen LogP contribution in [0.2, 0.25) is 0 Å². The maximum absolute atomic E-state index is 6.27. The average molecular weight is 167 g/mol. The van der Waals surface area contributed by atoms with Crippen LogP contribution in [0, 0.1) is 0 Å². The fraction of sp³-hybridized carbons (Fsp3) is 1.00. The molecule has 0 aromatic rings. The molecule has 0 radical (unpaired) electrons. The van der Waals surface area contributed by atoms with Crippen LogP contribution in [0.25, 0.3) is 0 Å². The van der Waals surface area contributed by atoms with Crippen molar-refractivity contribution in [2.24, 2.45) is 0 Å². The minimum absolute atomic E-state index is 0.276. The average Bonchev–Trinajstić information content (AvgIpc) is 1.99. The monoisotopic (exact) mass is 167 g/mol. The lowest BCUT2D eigenvalue weighted by Gasteiger charge is -2.56. The van der Waals surface area contributed by atoms with Gasteiger partial charge in [-0.15, -0.1) is 0 Å². The molecule has 2 spiro atoms. The van der Waals surface area contributed by atoms with Crippen LogP contribution in [0.4, 0.5) is 0 Å². The van der Waals surface area contributed by atoms with Crippen LogP contribution in [-0.2, 0) is 4.74 Å². The van der Waals surface area contributed by atoms with Crippen molar-refractivity contribution in [2.45, 2.75) is 49.7 Å². The fourth-order valence-corrected chi connectivity index (χ4v) is 2.75. The number of hydrogen-bond acceptors (Lipinski definition) is 2. The van der Waals surface area contributed by atoms with Crippen LogP contribution in [0.5, 0.6) is 0 Å². The Bertz CT molecular complexity index is 174. The molecule has 2 nitrogen and oxygen atoms in total. The van der Waals surface area contributed by atoms with E-state index in [9.17, 15) is 0 Å². The molecule has 2 aliphatic carbocycles. The van der Waals surface area contributed by atoms with Crippen LogP contribution >= 0.6 is 0 Å². The standard InChI is InChI=1S/C10H17NO/c1-3-9(4-1)7-11-8-10(12-9)5-2-6-10/h11H,1-8H2. The topological polar surface area (TPSA) is 21.3 Å². The summed E-state index contributed by atoms with van der Waals surface area (Å²) in [6.45, 7) is 2.21. The number of nitrogens with one attached hydrogen (secondary N) is 1. The molecule has 0 amide bonds. The first-order valence-corrected chi connectivity index (χ1v) is 5.24. The Morgan fingerprint density at radius 3 is 1.67 bits per heavy atom. The van der Waals surface area contributed by atoms with Crippen LogP contribution in [0.3, 0.4) is 0 Å². The maximum Gasteiger partial charge on any atom is 0.0814 e. The molecular formula is C10H17NO. The lowest BCUT2D eigenvalue weighted by atomic mass is 9.73. The summed E-state index contributed by atoms with van der Waals surface area (Å²) in [5.41, 5.74) is 0.553. The first-order valence-electron chi connectivity index (χ1n) is 5.24. The molecule has 1 saturated heterocycles. The molecule has 2 heteroatoms. The normalized spacial score (nSPS) is 36.0. The van der Waals surface area contributed by atoms with Gasteiger partial charge in [-0.3, -0.25) is 0 Å². The summed E-state index contributed by atoms with van der Waals surface area (Å²) in [7, 11) is 0. The van der Waals surface area contributed by atoms with E-state index in [0.717, 1.165) is 13.1 Å². The highest BCUT2D eigenvalue weighted by atomic mass is 16.5. The zero-order valence-electron chi connectivity index (χ0n) is 7.57. The highest BCUT2D eigenvalue weighted by Crippen LogP contribution is 2.47. The largest absolute Gasteiger partial charge is 0.366 e. The summed E-state index contributed by atoms with van der Waals surface area (Å²) in [5, 5.41) is 3.55. The van der Waals surface area contributed by atoms with E-state index in [1.807, 2.05) is 0 Å². The third kappa shape index (κ3) is 0.882. The van der Waals surface area contributed by atoms with Crippen molar-refractivity contribution < 1.29 is 4.74 Å². The van der Waals surface area contributed by atoms with E-state index in [-0.39, 0.29) is 11.2 Å². The predicted molar refractivity (Wildman–Crippen MR) is 47.1 cm³/mol. The summed E-state index contributed by atoms with van der Waals surface area (Å²) in [6.07, 6.45) is 7.92. The molecule has 1 heterocycles. The predicted octanol–water partition coefficient (Wildman–Crippen LogP) is 1.45. The van der Waals surface area contributed by atoms with E-state index in [2.05, 4.69) is 5.32 Å². The second-order valence-electron chi connectivity index (χ2n) is 4.78. The lowest BCUT2D eigenvalue weighted by Crippen LogP contribution is -2.65. The third-order valence-corrected chi connectivity index (χ3v) is 3.86. The first-order chi connectivity index (χ1) is 5.83. The number of rotatable bonds is 0. The molecule has 68 valence electrons. The van der Waals surface area contributed by atoms with Crippen molar-refractivity contribution in [3.63, 3.8) is 0 Å². The van der Waals surface area contributed by atoms with E-state index in [4.69, 9.17) is 4.74 Å². The van der Waals surface area contributed by atoms with Crippen LogP contribution in [-0.4, -0.2) is 24.3 Å². The zero-order chi connectivity index (χ0) is 8.07. The molecule has 1 aliphatic heterocycles. The zero-order valence-corrected chi connectivity index (χ0v) is 7.57. The molecule has 12 heavy (non-hydrogen) atoms. The molecule has 3 aliphatic rings. The number of hydrogen-bond donors (Lipinski definition) is 1. The van der Waals surface area contributed by atoms with Gasteiger partial charge in [0.1, 0.15) is 0 Å². The molecule has 0 bridgehead atoms. The molecule has 1 N–H and O–H groups in total. The van der Waals surface area contributed by atoms with Gasteiger partial charge in [-0.25, -0.2) is 0 Å². The van der Waals surface area contributed by atoms with Gasteiger partial charge in [0.15, 0.2) is 0 Å². The minimum atomic E-state index is 0.276. The minimum Gasteiger partial charge on any atom is -0.366 e. The third-order valence-electron chi connectivity index (χ3n) is 3.86. The molecule has 0 atom stereocenters. The maximum atomic E-state index is 6.27. The molecular weight excluding hydrogens is 150 g/mol. The van der Waals surface area contributed by atoms with Gasteiger partial charge in [0.05, 0.1) is 11.2 Å². The van der Waals surface area contributed by atoms with Crippen LogP contribution in [0.15, 0.2) is 0 Å². The Balaban J connectivity index is 1.74. The van der Waals surface area contributed by atoms with Crippen molar-refractivity contribution in [1.29, 1.82) is 0 Å². The van der Waals surface area contributed by atoms with Crippen molar-refractivity contribution in [2.75, 3.05) is 13.1 Å². The summed E-state index contributed by atoms with van der Waals surface area (Å²) in [4.78, 5) is 0. The van der Waals surface area contributed by atoms with Gasteiger partial charge < -0.3 is 10.1 Å². The lowest BCUT2D eigenvalue weighted by molar-refractivity contribution is -0.236. The second kappa shape index (κ2) is 2.24. The van der Waals surface area contributed by atoms with Gasteiger partial charge >= 0.3 is 0 Å². The van der Waals surface area contributed by atoms with E-state index in [0.29, 0.717) is 0 Å². The van der Waals surface area contributed by atoms with Crippen molar-refractivity contribution in [3.05, 3.63) is 0 Å². The molecule has 0 aromatic heterocycles. The van der Waals surface area contributed by atoms with E-state index in [1.54, 1.807) is 0 Å². The Morgan fingerprint density at radius 2 is 1.33 bits per heavy atom. The summed E-state index contributed by atoms with van der Waals surface area (Å²) < 4.78 is 6.27. The summed E-state index contributed by atoms with van der Waals surface area (Å²) in [6, 6.07) is 0. The molecule has 3 fully saturated rings. The van der Waals surface area contributed by atoms with Gasteiger partial charge in [-0.1, -0.05) is 0 Å². The molecule has 0 unspecified atom stereocenters. The molecule has 3 rings (SSSR count). The van der Waals surface area contributed by atoms with Crippen molar-refractivity contribution >= 4 is 0 Å². The summed E-state index contributed by atoms with van der Waals surface area (Å²) >= 11 is 0. The van der Waals surface area contributed by atoms with E-state index < -0.39 is 0 Å². The SMILES string of the molecule is C1CC2(C1)CNCC1(CCC1)O2. The Morgan fingerprint density at radius 1 is 0.833 bits per heavy atom. The number of ether oxygens (including phenoxy) is 1. The highest BCUT2D eigenvalue weighted by Gasteiger charge is 2.51. The highest BCUT2D eigenvalue weighted by molar-refractivity contribution is 5.04. The van der Waals surface area contributed by atoms with Crippen molar-refractivity contribution in [3.8, 4) is 0 Å².